The van der Waals surface area contributed by atoms with E-state index in [2.05, 4.69) is 11.4 Å². The molecular weight excluding hydrogens is 327 g/mol. The third-order valence-electron chi connectivity index (χ3n) is 4.76. The van der Waals surface area contributed by atoms with Crippen LogP contribution in [0.3, 0.4) is 0 Å². The van der Waals surface area contributed by atoms with Gasteiger partial charge in [-0.2, -0.15) is 0 Å². The lowest BCUT2D eigenvalue weighted by atomic mass is 10.0. The van der Waals surface area contributed by atoms with Crippen molar-refractivity contribution < 1.29 is 9.18 Å². The molecule has 0 radical (unpaired) electrons. The molecule has 1 saturated heterocycles. The highest BCUT2D eigenvalue weighted by Crippen LogP contribution is 2.33. The van der Waals surface area contributed by atoms with Crippen molar-refractivity contribution in [3.05, 3.63) is 53.8 Å². The number of anilines is 1. The van der Waals surface area contributed by atoms with Crippen LogP contribution in [0.4, 0.5) is 10.1 Å². The fourth-order valence-corrected chi connectivity index (χ4v) is 3.56. The summed E-state index contributed by atoms with van der Waals surface area (Å²) < 4.78 is 13.4. The van der Waals surface area contributed by atoms with Crippen molar-refractivity contribution in [3.8, 4) is 11.1 Å². The number of amides is 1. The predicted molar refractivity (Wildman–Crippen MR) is 96.2 cm³/mol. The number of halogens is 2. The van der Waals surface area contributed by atoms with Gasteiger partial charge < -0.3 is 10.2 Å². The maximum absolute atomic E-state index is 13.4. The van der Waals surface area contributed by atoms with Crippen LogP contribution in [0.15, 0.2) is 42.5 Å². The van der Waals surface area contributed by atoms with Crippen LogP contribution in [0.1, 0.15) is 18.4 Å². The van der Waals surface area contributed by atoms with Crippen molar-refractivity contribution in [1.82, 2.24) is 5.32 Å². The number of hydrogen-bond donors (Lipinski definition) is 1. The quantitative estimate of drug-likeness (QED) is 0.901. The Kier molecular flexibility index (Phi) is 4.88. The van der Waals surface area contributed by atoms with Crippen LogP contribution in [0.2, 0.25) is 0 Å². The fourth-order valence-electron chi connectivity index (χ4n) is 3.56. The normalized spacial score (nSPS) is 19.0. The van der Waals surface area contributed by atoms with Crippen LogP contribution >= 0.6 is 12.4 Å². The zero-order valence-corrected chi connectivity index (χ0v) is 14.1. The van der Waals surface area contributed by atoms with Crippen LogP contribution in [0.5, 0.6) is 0 Å². The summed E-state index contributed by atoms with van der Waals surface area (Å²) in [5.41, 5.74) is 4.04. The lowest BCUT2D eigenvalue weighted by Gasteiger charge is -2.21. The molecule has 0 bridgehead atoms. The zero-order valence-electron chi connectivity index (χ0n) is 13.3. The van der Waals surface area contributed by atoms with Crippen molar-refractivity contribution in [2.45, 2.75) is 25.3 Å². The lowest BCUT2D eigenvalue weighted by Crippen LogP contribution is -2.42. The molecule has 2 aromatic rings. The topological polar surface area (TPSA) is 32.3 Å². The van der Waals surface area contributed by atoms with Gasteiger partial charge in [0.05, 0.1) is 6.04 Å². The van der Waals surface area contributed by atoms with Gasteiger partial charge in [0.15, 0.2) is 0 Å². The maximum Gasteiger partial charge on any atom is 0.244 e. The Morgan fingerprint density at radius 1 is 1.17 bits per heavy atom. The second-order valence-electron chi connectivity index (χ2n) is 6.24. The summed E-state index contributed by atoms with van der Waals surface area (Å²) in [6.07, 6.45) is 2.85. The van der Waals surface area contributed by atoms with Crippen LogP contribution in [0, 0.1) is 5.82 Å². The third kappa shape index (κ3) is 3.04. The summed E-state index contributed by atoms with van der Waals surface area (Å²) in [6, 6.07) is 12.6. The molecule has 1 atom stereocenters. The largest absolute Gasteiger partial charge is 0.310 e. The zero-order chi connectivity index (χ0) is 15.8. The van der Waals surface area contributed by atoms with Crippen LogP contribution in [-0.4, -0.2) is 25.0 Å². The van der Waals surface area contributed by atoms with E-state index in [4.69, 9.17) is 0 Å². The van der Waals surface area contributed by atoms with Crippen molar-refractivity contribution in [2.24, 2.45) is 0 Å². The van der Waals surface area contributed by atoms with Crippen molar-refractivity contribution >= 4 is 24.0 Å². The fraction of sp³-hybridized carbons (Fsp3) is 0.316. The van der Waals surface area contributed by atoms with E-state index < -0.39 is 0 Å². The van der Waals surface area contributed by atoms with Gasteiger partial charge >= 0.3 is 0 Å². The van der Waals surface area contributed by atoms with Gasteiger partial charge in [0.2, 0.25) is 5.91 Å². The molecule has 1 amide bonds. The summed E-state index contributed by atoms with van der Waals surface area (Å²) in [4.78, 5) is 14.5. The molecule has 126 valence electrons. The first-order valence-corrected chi connectivity index (χ1v) is 8.16. The minimum atomic E-state index is -0.230. The Morgan fingerprint density at radius 2 is 2.00 bits per heavy atom. The van der Waals surface area contributed by atoms with Gasteiger partial charge in [-0.25, -0.2) is 4.39 Å². The first-order chi connectivity index (χ1) is 11.2. The molecule has 2 aliphatic rings. The second kappa shape index (κ2) is 6.91. The average molecular weight is 347 g/mol. The number of hydrogen-bond acceptors (Lipinski definition) is 2. The van der Waals surface area contributed by atoms with Gasteiger partial charge in [0.1, 0.15) is 5.82 Å². The minimum Gasteiger partial charge on any atom is -0.310 e. The van der Waals surface area contributed by atoms with E-state index >= 15 is 0 Å². The van der Waals surface area contributed by atoms with Crippen LogP contribution in [0.25, 0.3) is 11.1 Å². The first-order valence-electron chi connectivity index (χ1n) is 8.16. The highest BCUT2D eigenvalue weighted by atomic mass is 35.5. The summed E-state index contributed by atoms with van der Waals surface area (Å²) in [5.74, 6) is -0.0492. The Bertz CT molecular complexity index is 759. The van der Waals surface area contributed by atoms with E-state index in [1.807, 2.05) is 23.1 Å². The SMILES string of the molecule is Cl.O=C(C1CCCN1)N1CCc2cc(-c3cccc(F)c3)ccc21. The molecule has 0 saturated carbocycles. The van der Waals surface area contributed by atoms with Crippen molar-refractivity contribution in [2.75, 3.05) is 18.0 Å². The van der Waals surface area contributed by atoms with Gasteiger partial charge in [-0.05, 0) is 66.8 Å². The van der Waals surface area contributed by atoms with E-state index in [1.54, 1.807) is 12.1 Å². The summed E-state index contributed by atoms with van der Waals surface area (Å²) in [6.45, 7) is 1.66. The van der Waals surface area contributed by atoms with Crippen molar-refractivity contribution in [1.29, 1.82) is 0 Å². The monoisotopic (exact) mass is 346 g/mol. The molecule has 24 heavy (non-hydrogen) atoms. The molecule has 2 aliphatic heterocycles. The molecule has 3 nitrogen and oxygen atoms in total. The molecule has 1 N–H and O–H groups in total. The molecule has 4 rings (SSSR count). The van der Waals surface area contributed by atoms with Gasteiger partial charge in [-0.1, -0.05) is 18.2 Å². The number of benzene rings is 2. The number of nitrogens with one attached hydrogen (secondary N) is 1. The molecule has 1 fully saturated rings. The molecular formula is C19H20ClFN2O. The summed E-state index contributed by atoms with van der Waals surface area (Å²) >= 11 is 0. The van der Waals surface area contributed by atoms with Crippen molar-refractivity contribution in [3.63, 3.8) is 0 Å². The van der Waals surface area contributed by atoms with Gasteiger partial charge in [0, 0.05) is 12.2 Å². The molecule has 2 aromatic carbocycles. The number of carbonyl (C=O) groups excluding carboxylic acids is 1. The van der Waals surface area contributed by atoms with E-state index in [1.165, 1.54) is 6.07 Å². The number of fused-ring (bicyclic) bond motifs is 1. The minimum absolute atomic E-state index is 0. The average Bonchev–Trinajstić information content (AvgIpc) is 3.23. The van der Waals surface area contributed by atoms with Gasteiger partial charge in [-0.3, -0.25) is 4.79 Å². The molecule has 0 spiro atoms. The van der Waals surface area contributed by atoms with Gasteiger partial charge in [-0.15, -0.1) is 12.4 Å². The highest BCUT2D eigenvalue weighted by Gasteiger charge is 2.31. The second-order valence-corrected chi connectivity index (χ2v) is 6.24. The van der Waals surface area contributed by atoms with Crippen LogP contribution < -0.4 is 10.2 Å². The van der Waals surface area contributed by atoms with E-state index in [9.17, 15) is 9.18 Å². The number of rotatable bonds is 2. The number of nitrogens with zero attached hydrogens (tertiary/aromatic N) is 1. The first kappa shape index (κ1) is 16.9. The molecule has 0 aromatic heterocycles. The van der Waals surface area contributed by atoms with Gasteiger partial charge in [0.25, 0.3) is 0 Å². The Balaban J connectivity index is 0.00000169. The molecule has 2 heterocycles. The standard InChI is InChI=1S/C19H19FN2O.ClH/c20-16-4-1-3-13(12-16)14-6-7-18-15(11-14)8-10-22(18)19(23)17-5-2-9-21-17;/h1,3-4,6-7,11-12,17,21H,2,5,8-10H2;1H. The lowest BCUT2D eigenvalue weighted by molar-refractivity contribution is -0.120. The highest BCUT2D eigenvalue weighted by molar-refractivity contribution is 5.99. The summed E-state index contributed by atoms with van der Waals surface area (Å²) in [5, 5.41) is 3.27. The third-order valence-corrected chi connectivity index (χ3v) is 4.76. The molecule has 0 aliphatic carbocycles. The smallest absolute Gasteiger partial charge is 0.244 e. The predicted octanol–water partition coefficient (Wildman–Crippen LogP) is 3.56. The summed E-state index contributed by atoms with van der Waals surface area (Å²) in [7, 11) is 0. The number of carbonyl (C=O) groups is 1. The van der Waals surface area contributed by atoms with Crippen LogP contribution in [-0.2, 0) is 11.2 Å². The Hall–Kier alpha value is -1.91. The van der Waals surface area contributed by atoms with E-state index in [0.717, 1.165) is 54.7 Å². The molecule has 5 heteroatoms. The Labute approximate surface area is 147 Å². The Morgan fingerprint density at radius 3 is 2.75 bits per heavy atom. The molecule has 1 unspecified atom stereocenters. The van der Waals surface area contributed by atoms with E-state index in [0.29, 0.717) is 0 Å². The maximum atomic E-state index is 13.4. The van der Waals surface area contributed by atoms with E-state index in [-0.39, 0.29) is 30.2 Å².